The van der Waals surface area contributed by atoms with Gasteiger partial charge in [0.15, 0.2) is 0 Å². The van der Waals surface area contributed by atoms with E-state index in [1.165, 1.54) is 0 Å². The van der Waals surface area contributed by atoms with Crippen molar-refractivity contribution in [2.75, 3.05) is 13.1 Å². The summed E-state index contributed by atoms with van der Waals surface area (Å²) in [5, 5.41) is 2.76. The third-order valence-electron chi connectivity index (χ3n) is 2.28. The van der Waals surface area contributed by atoms with Gasteiger partial charge in [-0.05, 0) is 19.8 Å². The van der Waals surface area contributed by atoms with Crippen LogP contribution in [0.2, 0.25) is 0 Å². The molecule has 0 amide bonds. The summed E-state index contributed by atoms with van der Waals surface area (Å²) < 4.78 is 40.7. The molecule has 1 fully saturated rings. The number of ether oxygens (including phenoxy) is 1. The molecular weight excluding hydrogens is 195 g/mol. The zero-order valence-electron chi connectivity index (χ0n) is 8.23. The van der Waals surface area contributed by atoms with Crippen molar-refractivity contribution in [3.05, 3.63) is 0 Å². The SMILES string of the molecule is CC1CCC(CNCCC(F)(F)F)O1. The molecule has 1 aliphatic rings. The molecule has 1 saturated heterocycles. The van der Waals surface area contributed by atoms with Crippen molar-refractivity contribution < 1.29 is 17.9 Å². The van der Waals surface area contributed by atoms with Crippen LogP contribution in [0.5, 0.6) is 0 Å². The highest BCUT2D eigenvalue weighted by atomic mass is 19.4. The van der Waals surface area contributed by atoms with E-state index in [4.69, 9.17) is 4.74 Å². The summed E-state index contributed by atoms with van der Waals surface area (Å²) in [5.41, 5.74) is 0. The molecule has 1 rings (SSSR count). The van der Waals surface area contributed by atoms with E-state index < -0.39 is 12.6 Å². The summed E-state index contributed by atoms with van der Waals surface area (Å²) in [6.07, 6.45) is -2.53. The van der Waals surface area contributed by atoms with Crippen LogP contribution in [-0.2, 0) is 4.74 Å². The second-order valence-electron chi connectivity index (χ2n) is 3.72. The number of rotatable bonds is 4. The number of alkyl halides is 3. The van der Waals surface area contributed by atoms with Gasteiger partial charge < -0.3 is 10.1 Å². The summed E-state index contributed by atoms with van der Waals surface area (Å²) >= 11 is 0. The van der Waals surface area contributed by atoms with Crippen LogP contribution >= 0.6 is 0 Å². The minimum Gasteiger partial charge on any atom is -0.374 e. The lowest BCUT2D eigenvalue weighted by atomic mass is 10.2. The molecule has 1 aliphatic heterocycles. The first-order valence-electron chi connectivity index (χ1n) is 4.90. The van der Waals surface area contributed by atoms with Crippen LogP contribution in [0.1, 0.15) is 26.2 Å². The van der Waals surface area contributed by atoms with Gasteiger partial charge >= 0.3 is 6.18 Å². The van der Waals surface area contributed by atoms with E-state index in [2.05, 4.69) is 5.32 Å². The quantitative estimate of drug-likeness (QED) is 0.719. The minimum atomic E-state index is -4.06. The molecule has 84 valence electrons. The molecule has 1 heterocycles. The molecule has 0 aromatic carbocycles. The monoisotopic (exact) mass is 211 g/mol. The average Bonchev–Trinajstić information content (AvgIpc) is 2.44. The van der Waals surface area contributed by atoms with Gasteiger partial charge in [0.25, 0.3) is 0 Å². The molecule has 0 saturated carbocycles. The highest BCUT2D eigenvalue weighted by Gasteiger charge is 2.26. The van der Waals surface area contributed by atoms with Crippen molar-refractivity contribution in [2.24, 2.45) is 0 Å². The van der Waals surface area contributed by atoms with Gasteiger partial charge in [-0.15, -0.1) is 0 Å². The molecule has 14 heavy (non-hydrogen) atoms. The fourth-order valence-corrected chi connectivity index (χ4v) is 1.53. The van der Waals surface area contributed by atoms with Crippen LogP contribution in [0, 0.1) is 0 Å². The van der Waals surface area contributed by atoms with Crippen LogP contribution in [0.15, 0.2) is 0 Å². The van der Waals surface area contributed by atoms with Crippen molar-refractivity contribution in [3.8, 4) is 0 Å². The van der Waals surface area contributed by atoms with Crippen LogP contribution in [0.4, 0.5) is 13.2 Å². The van der Waals surface area contributed by atoms with Crippen LogP contribution in [0.25, 0.3) is 0 Å². The molecule has 2 atom stereocenters. The Morgan fingerprint density at radius 2 is 2.07 bits per heavy atom. The molecule has 0 spiro atoms. The van der Waals surface area contributed by atoms with Crippen molar-refractivity contribution in [3.63, 3.8) is 0 Å². The van der Waals surface area contributed by atoms with E-state index >= 15 is 0 Å². The molecule has 0 radical (unpaired) electrons. The summed E-state index contributed by atoms with van der Waals surface area (Å²) in [6.45, 7) is 2.49. The Morgan fingerprint density at radius 1 is 1.36 bits per heavy atom. The Labute approximate surface area is 81.8 Å². The summed E-state index contributed by atoms with van der Waals surface area (Å²) in [4.78, 5) is 0. The van der Waals surface area contributed by atoms with E-state index in [1.54, 1.807) is 0 Å². The van der Waals surface area contributed by atoms with E-state index in [0.717, 1.165) is 12.8 Å². The fraction of sp³-hybridized carbons (Fsp3) is 1.00. The van der Waals surface area contributed by atoms with Gasteiger partial charge in [0, 0.05) is 13.1 Å². The Kier molecular flexibility index (Phi) is 4.19. The molecule has 0 aromatic heterocycles. The Bertz CT molecular complexity index is 172. The number of halogens is 3. The van der Waals surface area contributed by atoms with Gasteiger partial charge in [-0.3, -0.25) is 0 Å². The van der Waals surface area contributed by atoms with E-state index in [9.17, 15) is 13.2 Å². The first kappa shape index (κ1) is 11.8. The molecule has 1 N–H and O–H groups in total. The first-order chi connectivity index (χ1) is 6.47. The maximum Gasteiger partial charge on any atom is 0.390 e. The summed E-state index contributed by atoms with van der Waals surface area (Å²) in [5.74, 6) is 0. The highest BCUT2D eigenvalue weighted by Crippen LogP contribution is 2.19. The van der Waals surface area contributed by atoms with Gasteiger partial charge in [-0.2, -0.15) is 13.2 Å². The second-order valence-corrected chi connectivity index (χ2v) is 3.72. The molecular formula is C9H16F3NO. The molecule has 0 aliphatic carbocycles. The third-order valence-corrected chi connectivity index (χ3v) is 2.28. The Hall–Kier alpha value is -0.290. The zero-order valence-corrected chi connectivity index (χ0v) is 8.23. The van der Waals surface area contributed by atoms with Gasteiger partial charge in [0.05, 0.1) is 18.6 Å². The smallest absolute Gasteiger partial charge is 0.374 e. The lowest BCUT2D eigenvalue weighted by molar-refractivity contribution is -0.133. The lowest BCUT2D eigenvalue weighted by Gasteiger charge is -2.12. The minimum absolute atomic E-state index is 0.0161. The van der Waals surface area contributed by atoms with Gasteiger partial charge in [0.2, 0.25) is 0 Å². The van der Waals surface area contributed by atoms with Crippen LogP contribution in [-0.4, -0.2) is 31.5 Å². The topological polar surface area (TPSA) is 21.3 Å². The normalized spacial score (nSPS) is 28.3. The average molecular weight is 211 g/mol. The van der Waals surface area contributed by atoms with Crippen LogP contribution in [0.3, 0.4) is 0 Å². The Balaban J connectivity index is 1.99. The standard InChI is InChI=1S/C9H16F3NO/c1-7-2-3-8(14-7)6-13-5-4-9(10,11)12/h7-8,13H,2-6H2,1H3. The number of hydrogen-bond acceptors (Lipinski definition) is 2. The maximum absolute atomic E-state index is 11.7. The third kappa shape index (κ3) is 4.81. The maximum atomic E-state index is 11.7. The second kappa shape index (κ2) is 4.98. The van der Waals surface area contributed by atoms with E-state index in [1.807, 2.05) is 6.92 Å². The van der Waals surface area contributed by atoms with Gasteiger partial charge in [-0.25, -0.2) is 0 Å². The lowest BCUT2D eigenvalue weighted by Crippen LogP contribution is -2.29. The molecule has 2 nitrogen and oxygen atoms in total. The number of nitrogens with one attached hydrogen (secondary N) is 1. The van der Waals surface area contributed by atoms with Crippen molar-refractivity contribution >= 4 is 0 Å². The van der Waals surface area contributed by atoms with E-state index in [-0.39, 0.29) is 18.8 Å². The van der Waals surface area contributed by atoms with Crippen molar-refractivity contribution in [1.29, 1.82) is 0 Å². The fourth-order valence-electron chi connectivity index (χ4n) is 1.53. The van der Waals surface area contributed by atoms with E-state index in [0.29, 0.717) is 6.54 Å². The summed E-state index contributed by atoms with van der Waals surface area (Å²) in [7, 11) is 0. The molecule has 0 bridgehead atoms. The largest absolute Gasteiger partial charge is 0.390 e. The predicted molar refractivity (Wildman–Crippen MR) is 47.1 cm³/mol. The molecule has 0 aromatic rings. The number of hydrogen-bond donors (Lipinski definition) is 1. The van der Waals surface area contributed by atoms with Crippen LogP contribution < -0.4 is 5.32 Å². The molecule has 5 heteroatoms. The highest BCUT2D eigenvalue weighted by molar-refractivity contribution is 4.72. The first-order valence-corrected chi connectivity index (χ1v) is 4.90. The predicted octanol–water partition coefficient (Wildman–Crippen LogP) is 2.10. The summed E-state index contributed by atoms with van der Waals surface area (Å²) in [6, 6.07) is 0. The van der Waals surface area contributed by atoms with Crippen molar-refractivity contribution in [2.45, 2.75) is 44.6 Å². The zero-order chi connectivity index (χ0) is 10.6. The van der Waals surface area contributed by atoms with Gasteiger partial charge in [0.1, 0.15) is 0 Å². The van der Waals surface area contributed by atoms with Gasteiger partial charge in [-0.1, -0.05) is 0 Å². The Morgan fingerprint density at radius 3 is 2.57 bits per heavy atom. The van der Waals surface area contributed by atoms with Crippen molar-refractivity contribution in [1.82, 2.24) is 5.32 Å². The molecule has 2 unspecified atom stereocenters.